The van der Waals surface area contributed by atoms with Gasteiger partial charge in [-0.15, -0.1) is 0 Å². The smallest absolute Gasteiger partial charge is 0.246 e. The van der Waals surface area contributed by atoms with Crippen molar-refractivity contribution in [3.8, 4) is 0 Å². The van der Waals surface area contributed by atoms with E-state index in [1.807, 2.05) is 61.6 Å². The van der Waals surface area contributed by atoms with Crippen LogP contribution >= 0.6 is 0 Å². The van der Waals surface area contributed by atoms with Gasteiger partial charge in [0.1, 0.15) is 12.4 Å². The predicted molar refractivity (Wildman–Crippen MR) is 91.6 cm³/mol. The number of anilines is 1. The van der Waals surface area contributed by atoms with Gasteiger partial charge in [-0.2, -0.15) is 0 Å². The quantitative estimate of drug-likeness (QED) is 0.739. The van der Waals surface area contributed by atoms with E-state index in [1.165, 1.54) is 12.8 Å². The molecule has 0 bridgehead atoms. The molecule has 4 rings (SSSR count). The number of carbonyl (C=O) groups is 1. The van der Waals surface area contributed by atoms with Crippen molar-refractivity contribution in [1.29, 1.82) is 0 Å². The summed E-state index contributed by atoms with van der Waals surface area (Å²) in [5, 5.41) is 0. The molecule has 23 heavy (non-hydrogen) atoms. The average molecular weight is 305 g/mol. The van der Waals surface area contributed by atoms with Crippen LogP contribution in [-0.4, -0.2) is 22.5 Å². The molecule has 1 aliphatic rings. The summed E-state index contributed by atoms with van der Waals surface area (Å²) in [7, 11) is 1.83. The van der Waals surface area contributed by atoms with Gasteiger partial charge in [0.25, 0.3) is 0 Å². The Balaban J connectivity index is 1.67. The highest BCUT2D eigenvalue weighted by Gasteiger charge is 2.30. The van der Waals surface area contributed by atoms with Gasteiger partial charge in [0.2, 0.25) is 5.91 Å². The van der Waals surface area contributed by atoms with Gasteiger partial charge in [0.15, 0.2) is 0 Å². The maximum atomic E-state index is 12.7. The maximum absolute atomic E-state index is 12.7. The predicted octanol–water partition coefficient (Wildman–Crippen LogP) is 3.58. The number of nitrogens with zero attached hydrogens (tertiary/aromatic N) is 3. The summed E-state index contributed by atoms with van der Waals surface area (Å²) in [5.41, 5.74) is 2.93. The standard InChI is InChI=1S/C19H19N3O/c1-21(15-7-3-2-4-8-15)18(23)13-22-17-10-6-5-9-16(17)20-19(22)14-11-12-14/h2-10,14H,11-13H2,1H3. The van der Waals surface area contributed by atoms with E-state index in [1.54, 1.807) is 4.90 Å². The second kappa shape index (κ2) is 5.54. The minimum absolute atomic E-state index is 0.0706. The summed E-state index contributed by atoms with van der Waals surface area (Å²) in [5.74, 6) is 1.64. The molecule has 2 aromatic carbocycles. The minimum atomic E-state index is 0.0706. The first-order chi connectivity index (χ1) is 11.2. The Morgan fingerprint density at radius 1 is 1.13 bits per heavy atom. The van der Waals surface area contributed by atoms with Gasteiger partial charge in [0.05, 0.1) is 11.0 Å². The van der Waals surface area contributed by atoms with Crippen molar-refractivity contribution in [2.45, 2.75) is 25.3 Å². The molecular weight excluding hydrogens is 286 g/mol. The van der Waals surface area contributed by atoms with Gasteiger partial charge < -0.3 is 9.47 Å². The molecule has 0 unspecified atom stereocenters. The molecule has 3 aromatic rings. The molecule has 0 spiro atoms. The van der Waals surface area contributed by atoms with Gasteiger partial charge in [-0.3, -0.25) is 4.79 Å². The molecule has 0 atom stereocenters. The Kier molecular flexibility index (Phi) is 3.37. The first-order valence-electron chi connectivity index (χ1n) is 8.01. The summed E-state index contributed by atoms with van der Waals surface area (Å²) in [6, 6.07) is 17.8. The van der Waals surface area contributed by atoms with Gasteiger partial charge in [-0.1, -0.05) is 30.3 Å². The molecule has 1 aromatic heterocycles. The average Bonchev–Trinajstić information content (AvgIpc) is 3.38. The molecule has 4 nitrogen and oxygen atoms in total. The van der Waals surface area contributed by atoms with E-state index in [0.29, 0.717) is 12.5 Å². The molecule has 1 heterocycles. The van der Waals surface area contributed by atoms with Crippen molar-refractivity contribution in [2.75, 3.05) is 11.9 Å². The molecular formula is C19H19N3O. The molecule has 1 fully saturated rings. The number of hydrogen-bond acceptors (Lipinski definition) is 2. The first kappa shape index (κ1) is 14.0. The van der Waals surface area contributed by atoms with Crippen molar-refractivity contribution in [3.05, 3.63) is 60.4 Å². The van der Waals surface area contributed by atoms with E-state index in [-0.39, 0.29) is 5.91 Å². The molecule has 1 saturated carbocycles. The van der Waals surface area contributed by atoms with Crippen LogP contribution in [-0.2, 0) is 11.3 Å². The third-order valence-corrected chi connectivity index (χ3v) is 4.44. The van der Waals surface area contributed by atoms with E-state index in [4.69, 9.17) is 4.98 Å². The molecule has 116 valence electrons. The van der Waals surface area contributed by atoms with Crippen LogP contribution in [0, 0.1) is 0 Å². The third-order valence-electron chi connectivity index (χ3n) is 4.44. The Bertz CT molecular complexity index is 849. The van der Waals surface area contributed by atoms with Gasteiger partial charge in [-0.25, -0.2) is 4.98 Å². The molecule has 0 saturated heterocycles. The maximum Gasteiger partial charge on any atom is 0.246 e. The fraction of sp³-hybridized carbons (Fsp3) is 0.263. The largest absolute Gasteiger partial charge is 0.318 e. The molecule has 0 radical (unpaired) electrons. The lowest BCUT2D eigenvalue weighted by Crippen LogP contribution is -2.30. The van der Waals surface area contributed by atoms with E-state index >= 15 is 0 Å². The highest BCUT2D eigenvalue weighted by molar-refractivity contribution is 5.93. The van der Waals surface area contributed by atoms with E-state index in [9.17, 15) is 4.79 Å². The van der Waals surface area contributed by atoms with Crippen LogP contribution in [0.25, 0.3) is 11.0 Å². The van der Waals surface area contributed by atoms with Crippen LogP contribution in [0.15, 0.2) is 54.6 Å². The van der Waals surface area contributed by atoms with E-state index in [0.717, 1.165) is 22.5 Å². The number of likely N-dealkylation sites (N-methyl/N-ethyl adjacent to an activating group) is 1. The second-order valence-electron chi connectivity index (χ2n) is 6.11. The zero-order chi connectivity index (χ0) is 15.8. The number of rotatable bonds is 4. The summed E-state index contributed by atoms with van der Waals surface area (Å²) >= 11 is 0. The van der Waals surface area contributed by atoms with Crippen LogP contribution in [0.3, 0.4) is 0 Å². The molecule has 0 N–H and O–H groups in total. The number of hydrogen-bond donors (Lipinski definition) is 0. The van der Waals surface area contributed by atoms with Gasteiger partial charge >= 0.3 is 0 Å². The van der Waals surface area contributed by atoms with Crippen LogP contribution in [0.2, 0.25) is 0 Å². The van der Waals surface area contributed by atoms with Crippen molar-refractivity contribution in [1.82, 2.24) is 9.55 Å². The molecule has 1 amide bonds. The third kappa shape index (κ3) is 2.61. The highest BCUT2D eigenvalue weighted by atomic mass is 16.2. The first-order valence-corrected chi connectivity index (χ1v) is 8.01. The topological polar surface area (TPSA) is 38.1 Å². The van der Waals surface area contributed by atoms with Crippen LogP contribution in [0.4, 0.5) is 5.69 Å². The number of aromatic nitrogens is 2. The number of carbonyl (C=O) groups excluding carboxylic acids is 1. The summed E-state index contributed by atoms with van der Waals surface area (Å²) < 4.78 is 2.09. The normalized spacial score (nSPS) is 14.1. The molecule has 1 aliphatic carbocycles. The monoisotopic (exact) mass is 305 g/mol. The van der Waals surface area contributed by atoms with Crippen molar-refractivity contribution in [2.24, 2.45) is 0 Å². The Labute approximate surface area is 135 Å². The lowest BCUT2D eigenvalue weighted by Gasteiger charge is -2.18. The second-order valence-corrected chi connectivity index (χ2v) is 6.11. The van der Waals surface area contributed by atoms with Gasteiger partial charge in [-0.05, 0) is 37.1 Å². The minimum Gasteiger partial charge on any atom is -0.318 e. The highest BCUT2D eigenvalue weighted by Crippen LogP contribution is 2.40. The van der Waals surface area contributed by atoms with Gasteiger partial charge in [0, 0.05) is 18.7 Å². The number of fused-ring (bicyclic) bond motifs is 1. The lowest BCUT2D eigenvalue weighted by atomic mass is 10.3. The Hall–Kier alpha value is -2.62. The number of para-hydroxylation sites is 3. The van der Waals surface area contributed by atoms with E-state index in [2.05, 4.69) is 4.57 Å². The fourth-order valence-electron chi connectivity index (χ4n) is 2.95. The van der Waals surface area contributed by atoms with Crippen molar-refractivity contribution >= 4 is 22.6 Å². The van der Waals surface area contributed by atoms with Crippen LogP contribution in [0.1, 0.15) is 24.6 Å². The summed E-state index contributed by atoms with van der Waals surface area (Å²) in [4.78, 5) is 19.2. The SMILES string of the molecule is CN(C(=O)Cn1c(C2CC2)nc2ccccc21)c1ccccc1. The number of benzene rings is 2. The summed E-state index contributed by atoms with van der Waals surface area (Å²) in [6.45, 7) is 0.331. The Morgan fingerprint density at radius 3 is 2.57 bits per heavy atom. The molecule has 4 heteroatoms. The zero-order valence-corrected chi connectivity index (χ0v) is 13.1. The lowest BCUT2D eigenvalue weighted by molar-refractivity contribution is -0.118. The van der Waals surface area contributed by atoms with Crippen LogP contribution < -0.4 is 4.90 Å². The van der Waals surface area contributed by atoms with Crippen molar-refractivity contribution < 1.29 is 4.79 Å². The summed E-state index contributed by atoms with van der Waals surface area (Å²) in [6.07, 6.45) is 2.35. The van der Waals surface area contributed by atoms with Crippen LogP contribution in [0.5, 0.6) is 0 Å². The van der Waals surface area contributed by atoms with E-state index < -0.39 is 0 Å². The molecule has 0 aliphatic heterocycles. The fourth-order valence-corrected chi connectivity index (χ4v) is 2.95. The van der Waals surface area contributed by atoms with Crippen molar-refractivity contribution in [3.63, 3.8) is 0 Å². The number of imidazole rings is 1. The Morgan fingerprint density at radius 2 is 1.83 bits per heavy atom. The number of amides is 1. The zero-order valence-electron chi connectivity index (χ0n) is 13.1.